The van der Waals surface area contributed by atoms with Crippen molar-refractivity contribution in [3.8, 4) is 0 Å². The number of hydrogen-bond donors (Lipinski definition) is 0. The zero-order valence-corrected chi connectivity index (χ0v) is 15.9. The van der Waals surface area contributed by atoms with E-state index in [2.05, 4.69) is 4.57 Å². The highest BCUT2D eigenvalue weighted by molar-refractivity contribution is 6.10. The van der Waals surface area contributed by atoms with Crippen molar-refractivity contribution in [2.24, 2.45) is 11.8 Å². The van der Waals surface area contributed by atoms with Gasteiger partial charge in [-0.05, 0) is 45.6 Å². The molecule has 2 fully saturated rings. The van der Waals surface area contributed by atoms with Gasteiger partial charge in [-0.15, -0.1) is 0 Å². The summed E-state index contributed by atoms with van der Waals surface area (Å²) in [7, 11) is 0. The van der Waals surface area contributed by atoms with Crippen molar-refractivity contribution in [3.05, 3.63) is 35.2 Å². The number of carbonyl (C=O) groups is 3. The van der Waals surface area contributed by atoms with Crippen LogP contribution in [0, 0.1) is 25.7 Å². The molecule has 2 aliphatic heterocycles. The molecule has 0 radical (unpaired) electrons. The van der Waals surface area contributed by atoms with E-state index in [1.54, 1.807) is 0 Å². The zero-order valence-electron chi connectivity index (χ0n) is 15.9. The van der Waals surface area contributed by atoms with Gasteiger partial charge in [0.05, 0.1) is 24.5 Å². The summed E-state index contributed by atoms with van der Waals surface area (Å²) in [6, 6.07) is 1.87. The van der Waals surface area contributed by atoms with Crippen LogP contribution in [0.4, 0.5) is 0 Å². The maximum Gasteiger partial charge on any atom is 0.233 e. The smallest absolute Gasteiger partial charge is 0.233 e. The number of ketones is 1. The molecule has 144 valence electrons. The number of likely N-dealkylation sites (tertiary alicyclic amines) is 1. The third-order valence-corrected chi connectivity index (χ3v) is 6.18. The standard InChI is InChI=1S/C21H26N2O4/c1-13-10-18(14(2)22(13)11-15-6-5-9-27-15)19(24)12-23-20(25)16-7-3-4-8-17(16)21(23)26/h3-4,10,15-17H,5-9,11-12H2,1-2H3/t15-,16-,17+/m1/s1. The van der Waals surface area contributed by atoms with E-state index in [9.17, 15) is 14.4 Å². The lowest BCUT2D eigenvalue weighted by Gasteiger charge is -2.16. The van der Waals surface area contributed by atoms with Gasteiger partial charge < -0.3 is 9.30 Å². The molecule has 3 atom stereocenters. The van der Waals surface area contributed by atoms with Crippen LogP contribution in [0.1, 0.15) is 47.4 Å². The molecular formula is C21H26N2O4. The van der Waals surface area contributed by atoms with E-state index in [0.29, 0.717) is 18.4 Å². The molecule has 0 spiro atoms. The van der Waals surface area contributed by atoms with Crippen LogP contribution >= 0.6 is 0 Å². The van der Waals surface area contributed by atoms with E-state index in [1.807, 2.05) is 32.1 Å². The van der Waals surface area contributed by atoms with Gasteiger partial charge in [-0.25, -0.2) is 0 Å². The lowest BCUT2D eigenvalue weighted by Crippen LogP contribution is -2.36. The van der Waals surface area contributed by atoms with Gasteiger partial charge in [-0.3, -0.25) is 19.3 Å². The van der Waals surface area contributed by atoms with Crippen molar-refractivity contribution < 1.29 is 19.1 Å². The van der Waals surface area contributed by atoms with E-state index in [-0.39, 0.29) is 42.1 Å². The fourth-order valence-corrected chi connectivity index (χ4v) is 4.61. The Morgan fingerprint density at radius 3 is 2.41 bits per heavy atom. The molecule has 2 amide bonds. The number of rotatable bonds is 5. The Morgan fingerprint density at radius 2 is 1.81 bits per heavy atom. The molecule has 4 rings (SSSR count). The number of nitrogens with zero attached hydrogens (tertiary/aromatic N) is 2. The topological polar surface area (TPSA) is 68.6 Å². The Kier molecular flexibility index (Phi) is 4.76. The highest BCUT2D eigenvalue weighted by Crippen LogP contribution is 2.35. The molecule has 0 saturated carbocycles. The first-order valence-electron chi connectivity index (χ1n) is 9.79. The molecule has 0 N–H and O–H groups in total. The van der Waals surface area contributed by atoms with Gasteiger partial charge in [0.25, 0.3) is 0 Å². The minimum Gasteiger partial charge on any atom is -0.376 e. The van der Waals surface area contributed by atoms with Gasteiger partial charge in [-0.2, -0.15) is 0 Å². The van der Waals surface area contributed by atoms with E-state index >= 15 is 0 Å². The highest BCUT2D eigenvalue weighted by Gasteiger charge is 2.47. The van der Waals surface area contributed by atoms with Crippen molar-refractivity contribution in [2.75, 3.05) is 13.2 Å². The molecule has 0 aromatic carbocycles. The van der Waals surface area contributed by atoms with Gasteiger partial charge in [-0.1, -0.05) is 12.2 Å². The number of aromatic nitrogens is 1. The van der Waals surface area contributed by atoms with Gasteiger partial charge in [0.1, 0.15) is 0 Å². The summed E-state index contributed by atoms with van der Waals surface area (Å²) < 4.78 is 7.83. The van der Waals surface area contributed by atoms with E-state index < -0.39 is 0 Å². The molecule has 6 nitrogen and oxygen atoms in total. The summed E-state index contributed by atoms with van der Waals surface area (Å²) in [4.78, 5) is 39.3. The molecular weight excluding hydrogens is 344 g/mol. The number of carbonyl (C=O) groups excluding carboxylic acids is 3. The highest BCUT2D eigenvalue weighted by atomic mass is 16.5. The predicted octanol–water partition coefficient (Wildman–Crippen LogP) is 2.42. The number of ether oxygens (including phenoxy) is 1. The fraction of sp³-hybridized carbons (Fsp3) is 0.571. The fourth-order valence-electron chi connectivity index (χ4n) is 4.61. The van der Waals surface area contributed by atoms with Gasteiger partial charge >= 0.3 is 0 Å². The molecule has 1 aromatic rings. The Balaban J connectivity index is 1.50. The maximum absolute atomic E-state index is 12.9. The SMILES string of the molecule is Cc1cc(C(=O)CN2C(=O)[C@H]3CC=CC[C@H]3C2=O)c(C)n1C[C@H]1CCCO1. The lowest BCUT2D eigenvalue weighted by atomic mass is 9.85. The van der Waals surface area contributed by atoms with Crippen LogP contribution in [-0.4, -0.2) is 46.3 Å². The zero-order chi connectivity index (χ0) is 19.1. The van der Waals surface area contributed by atoms with Crippen molar-refractivity contribution in [1.82, 2.24) is 9.47 Å². The second-order valence-electron chi connectivity index (χ2n) is 7.87. The Hall–Kier alpha value is -2.21. The molecule has 1 aliphatic carbocycles. The second kappa shape index (κ2) is 7.08. The normalized spacial score (nSPS) is 27.5. The molecule has 0 bridgehead atoms. The molecule has 2 saturated heterocycles. The second-order valence-corrected chi connectivity index (χ2v) is 7.87. The van der Waals surface area contributed by atoms with Crippen LogP contribution in [0.2, 0.25) is 0 Å². The van der Waals surface area contributed by atoms with E-state index in [1.165, 1.54) is 4.90 Å². The van der Waals surface area contributed by atoms with Crippen LogP contribution < -0.4 is 0 Å². The summed E-state index contributed by atoms with van der Waals surface area (Å²) in [5.74, 6) is -1.15. The van der Waals surface area contributed by atoms with Crippen molar-refractivity contribution in [3.63, 3.8) is 0 Å². The van der Waals surface area contributed by atoms with Crippen molar-refractivity contribution >= 4 is 17.6 Å². The number of amides is 2. The van der Waals surface area contributed by atoms with Gasteiger partial charge in [0.2, 0.25) is 11.8 Å². The van der Waals surface area contributed by atoms with Crippen molar-refractivity contribution in [2.45, 2.75) is 52.2 Å². The number of hydrogen-bond acceptors (Lipinski definition) is 4. The summed E-state index contributed by atoms with van der Waals surface area (Å²) in [6.45, 7) is 5.28. The third-order valence-electron chi connectivity index (χ3n) is 6.18. The molecule has 0 unspecified atom stereocenters. The van der Waals surface area contributed by atoms with Crippen LogP contribution in [0.15, 0.2) is 18.2 Å². The minimum absolute atomic E-state index is 0.158. The summed E-state index contributed by atoms with van der Waals surface area (Å²) in [5.41, 5.74) is 2.48. The van der Waals surface area contributed by atoms with Crippen LogP contribution in [0.5, 0.6) is 0 Å². The first kappa shape index (κ1) is 18.2. The first-order chi connectivity index (χ1) is 13.0. The first-order valence-corrected chi connectivity index (χ1v) is 9.79. The number of allylic oxidation sites excluding steroid dienone is 2. The Morgan fingerprint density at radius 1 is 1.15 bits per heavy atom. The lowest BCUT2D eigenvalue weighted by molar-refractivity contribution is -0.139. The number of aryl methyl sites for hydroxylation is 1. The third kappa shape index (κ3) is 3.16. The summed E-state index contributed by atoms with van der Waals surface area (Å²) in [5, 5.41) is 0. The number of imide groups is 1. The Bertz CT molecular complexity index is 790. The quantitative estimate of drug-likeness (QED) is 0.453. The number of fused-ring (bicyclic) bond motifs is 1. The maximum atomic E-state index is 12.9. The molecule has 3 heterocycles. The molecule has 1 aromatic heterocycles. The largest absolute Gasteiger partial charge is 0.376 e. The number of Topliss-reactive ketones (excluding diaryl/α,β-unsaturated/α-hetero) is 1. The average Bonchev–Trinajstić information content (AvgIpc) is 3.34. The van der Waals surface area contributed by atoms with E-state index in [0.717, 1.165) is 37.4 Å². The van der Waals surface area contributed by atoms with E-state index in [4.69, 9.17) is 4.74 Å². The predicted molar refractivity (Wildman–Crippen MR) is 99.3 cm³/mol. The molecule has 6 heteroatoms. The summed E-state index contributed by atoms with van der Waals surface area (Å²) >= 11 is 0. The van der Waals surface area contributed by atoms with Gasteiger partial charge in [0, 0.05) is 30.1 Å². The Labute approximate surface area is 159 Å². The van der Waals surface area contributed by atoms with Crippen molar-refractivity contribution in [1.29, 1.82) is 0 Å². The minimum atomic E-state index is -0.290. The van der Waals surface area contributed by atoms with Crippen LogP contribution in [0.3, 0.4) is 0 Å². The van der Waals surface area contributed by atoms with Crippen LogP contribution in [-0.2, 0) is 20.9 Å². The summed E-state index contributed by atoms with van der Waals surface area (Å²) in [6.07, 6.45) is 7.40. The monoisotopic (exact) mass is 370 g/mol. The van der Waals surface area contributed by atoms with Crippen LogP contribution in [0.25, 0.3) is 0 Å². The van der Waals surface area contributed by atoms with Gasteiger partial charge in [0.15, 0.2) is 5.78 Å². The average molecular weight is 370 g/mol. The molecule has 27 heavy (non-hydrogen) atoms. The molecule has 3 aliphatic rings.